The van der Waals surface area contributed by atoms with E-state index in [2.05, 4.69) is 5.32 Å². The average Bonchev–Trinajstić information content (AvgIpc) is 3.31. The van der Waals surface area contributed by atoms with Crippen LogP contribution in [0.2, 0.25) is 0 Å². The second-order valence-electron chi connectivity index (χ2n) is 7.50. The fourth-order valence-corrected chi connectivity index (χ4v) is 3.81. The number of amides is 2. The van der Waals surface area contributed by atoms with E-state index in [0.717, 1.165) is 29.8 Å². The quantitative estimate of drug-likeness (QED) is 0.755. The van der Waals surface area contributed by atoms with Crippen molar-refractivity contribution < 1.29 is 23.8 Å². The number of carbonyl (C=O) groups excluding carboxylic acids is 2. The number of nitrogens with zero attached hydrogens (tertiary/aromatic N) is 1. The maximum absolute atomic E-state index is 12.5. The van der Waals surface area contributed by atoms with Crippen LogP contribution >= 0.6 is 0 Å². The summed E-state index contributed by atoms with van der Waals surface area (Å²) in [5.41, 5.74) is 2.43. The van der Waals surface area contributed by atoms with Crippen LogP contribution in [0.4, 0.5) is 11.4 Å². The lowest BCUT2D eigenvalue weighted by molar-refractivity contribution is -0.118. The molecule has 2 amide bonds. The molecule has 0 spiro atoms. The Balaban J connectivity index is 1.41. The van der Waals surface area contributed by atoms with Crippen LogP contribution in [0.3, 0.4) is 0 Å². The van der Waals surface area contributed by atoms with Gasteiger partial charge >= 0.3 is 0 Å². The molecule has 0 radical (unpaired) electrons. The zero-order chi connectivity index (χ0) is 21.1. The van der Waals surface area contributed by atoms with Crippen LogP contribution in [0.15, 0.2) is 36.4 Å². The number of ether oxygens (including phenoxy) is 3. The molecular formula is C23H26N2O5. The maximum atomic E-state index is 12.5. The molecule has 2 heterocycles. The molecule has 158 valence electrons. The van der Waals surface area contributed by atoms with E-state index < -0.39 is 0 Å². The molecule has 0 bridgehead atoms. The van der Waals surface area contributed by atoms with Gasteiger partial charge in [-0.3, -0.25) is 9.59 Å². The van der Waals surface area contributed by atoms with Crippen molar-refractivity contribution >= 4 is 23.2 Å². The van der Waals surface area contributed by atoms with E-state index in [0.29, 0.717) is 36.8 Å². The van der Waals surface area contributed by atoms with E-state index in [1.165, 1.54) is 0 Å². The van der Waals surface area contributed by atoms with Crippen molar-refractivity contribution in [1.82, 2.24) is 0 Å². The summed E-state index contributed by atoms with van der Waals surface area (Å²) >= 11 is 0. The third-order valence-corrected chi connectivity index (χ3v) is 5.14. The number of fused-ring (bicyclic) bond motifs is 1. The molecule has 2 aliphatic heterocycles. The molecule has 1 atom stereocenters. The summed E-state index contributed by atoms with van der Waals surface area (Å²) in [6.45, 7) is 4.96. The largest absolute Gasteiger partial charge is 0.492 e. The highest BCUT2D eigenvalue weighted by atomic mass is 16.5. The van der Waals surface area contributed by atoms with Crippen LogP contribution in [-0.4, -0.2) is 37.7 Å². The van der Waals surface area contributed by atoms with Gasteiger partial charge < -0.3 is 24.4 Å². The van der Waals surface area contributed by atoms with Gasteiger partial charge in [-0.05, 0) is 38.5 Å². The highest BCUT2D eigenvalue weighted by Crippen LogP contribution is 2.38. The zero-order valence-electron chi connectivity index (χ0n) is 17.3. The Morgan fingerprint density at radius 2 is 2.13 bits per heavy atom. The first-order valence-electron chi connectivity index (χ1n) is 10.3. The van der Waals surface area contributed by atoms with Gasteiger partial charge in [0, 0.05) is 42.8 Å². The van der Waals surface area contributed by atoms with Crippen LogP contribution in [0, 0.1) is 0 Å². The first-order valence-corrected chi connectivity index (χ1v) is 10.3. The van der Waals surface area contributed by atoms with Crippen molar-refractivity contribution in [2.75, 3.05) is 30.0 Å². The van der Waals surface area contributed by atoms with Crippen LogP contribution in [-0.2, 0) is 16.0 Å². The molecule has 7 heteroatoms. The summed E-state index contributed by atoms with van der Waals surface area (Å²) in [5, 5.41) is 2.85. The van der Waals surface area contributed by atoms with Crippen molar-refractivity contribution in [3.05, 3.63) is 42.0 Å². The summed E-state index contributed by atoms with van der Waals surface area (Å²) in [4.78, 5) is 26.2. The van der Waals surface area contributed by atoms with Crippen molar-refractivity contribution in [1.29, 1.82) is 0 Å². The van der Waals surface area contributed by atoms with E-state index in [9.17, 15) is 9.59 Å². The van der Waals surface area contributed by atoms with E-state index in [4.69, 9.17) is 14.2 Å². The predicted octanol–water partition coefficient (Wildman–Crippen LogP) is 3.55. The van der Waals surface area contributed by atoms with Crippen LogP contribution in [0.1, 0.15) is 32.3 Å². The summed E-state index contributed by atoms with van der Waals surface area (Å²) in [7, 11) is 0. The molecule has 0 saturated carbocycles. The zero-order valence-corrected chi connectivity index (χ0v) is 17.3. The fourth-order valence-electron chi connectivity index (χ4n) is 3.81. The van der Waals surface area contributed by atoms with Gasteiger partial charge in [-0.15, -0.1) is 0 Å². The molecule has 2 aliphatic rings. The van der Waals surface area contributed by atoms with Gasteiger partial charge in [-0.25, -0.2) is 0 Å². The summed E-state index contributed by atoms with van der Waals surface area (Å²) in [5.74, 6) is 1.74. The molecule has 1 N–H and O–H groups in total. The highest BCUT2D eigenvalue weighted by molar-refractivity contribution is 5.95. The molecule has 2 aromatic carbocycles. The number of nitrogens with one attached hydrogen (secondary N) is 1. The lowest BCUT2D eigenvalue weighted by Gasteiger charge is -2.17. The minimum Gasteiger partial charge on any atom is -0.492 e. The lowest BCUT2D eigenvalue weighted by atomic mass is 10.1. The normalized spacial score (nSPS) is 17.5. The molecule has 1 saturated heterocycles. The number of hydrogen-bond acceptors (Lipinski definition) is 5. The van der Waals surface area contributed by atoms with E-state index in [-0.39, 0.29) is 24.5 Å². The van der Waals surface area contributed by atoms with Crippen molar-refractivity contribution in [3.63, 3.8) is 0 Å². The molecule has 1 unspecified atom stereocenters. The van der Waals surface area contributed by atoms with Gasteiger partial charge in [-0.2, -0.15) is 0 Å². The van der Waals surface area contributed by atoms with Gasteiger partial charge in [0.05, 0.1) is 12.3 Å². The molecule has 0 aliphatic carbocycles. The summed E-state index contributed by atoms with van der Waals surface area (Å²) in [6.07, 6.45) is 2.36. The van der Waals surface area contributed by atoms with Crippen molar-refractivity contribution in [2.45, 2.75) is 39.2 Å². The number of anilines is 2. The second kappa shape index (κ2) is 8.65. The van der Waals surface area contributed by atoms with Crippen molar-refractivity contribution in [3.8, 4) is 17.2 Å². The van der Waals surface area contributed by atoms with E-state index >= 15 is 0 Å². The Bertz CT molecular complexity index is 959. The Kier molecular flexibility index (Phi) is 5.79. The van der Waals surface area contributed by atoms with Crippen LogP contribution in [0.25, 0.3) is 0 Å². The fraction of sp³-hybridized carbons (Fsp3) is 0.391. The van der Waals surface area contributed by atoms with Gasteiger partial charge in [0.1, 0.15) is 23.4 Å². The standard InChI is InChI=1S/C23H26N2O5/c1-3-28-21-11-16-10-15(2)30-20(16)13-19(21)24-22(26)14-29-18-7-4-6-17(12-18)25-9-5-8-23(25)27/h4,6-7,11-13,15H,3,5,8-10,14H2,1-2H3,(H,24,26). The van der Waals surface area contributed by atoms with Crippen molar-refractivity contribution in [2.24, 2.45) is 0 Å². The van der Waals surface area contributed by atoms with Gasteiger partial charge in [0.15, 0.2) is 6.61 Å². The van der Waals surface area contributed by atoms with Crippen LogP contribution < -0.4 is 24.4 Å². The molecule has 1 fully saturated rings. The van der Waals surface area contributed by atoms with E-state index in [1.54, 1.807) is 23.1 Å². The monoisotopic (exact) mass is 410 g/mol. The summed E-state index contributed by atoms with van der Waals surface area (Å²) < 4.78 is 17.2. The summed E-state index contributed by atoms with van der Waals surface area (Å²) in [6, 6.07) is 11.0. The first-order chi connectivity index (χ1) is 14.5. The van der Waals surface area contributed by atoms with E-state index in [1.807, 2.05) is 32.0 Å². The number of hydrogen-bond donors (Lipinski definition) is 1. The third kappa shape index (κ3) is 4.35. The average molecular weight is 410 g/mol. The maximum Gasteiger partial charge on any atom is 0.262 e. The van der Waals surface area contributed by atoms with Gasteiger partial charge in [-0.1, -0.05) is 6.07 Å². The molecule has 2 aromatic rings. The third-order valence-electron chi connectivity index (χ3n) is 5.14. The smallest absolute Gasteiger partial charge is 0.262 e. The topological polar surface area (TPSA) is 77.1 Å². The molecule has 30 heavy (non-hydrogen) atoms. The van der Waals surface area contributed by atoms with Gasteiger partial charge in [0.2, 0.25) is 5.91 Å². The first kappa shape index (κ1) is 20.1. The lowest BCUT2D eigenvalue weighted by Crippen LogP contribution is -2.24. The Morgan fingerprint density at radius 1 is 1.27 bits per heavy atom. The Morgan fingerprint density at radius 3 is 2.90 bits per heavy atom. The Hall–Kier alpha value is -3.22. The highest BCUT2D eigenvalue weighted by Gasteiger charge is 2.23. The predicted molar refractivity (Wildman–Crippen MR) is 114 cm³/mol. The number of carbonyl (C=O) groups is 2. The van der Waals surface area contributed by atoms with Crippen LogP contribution in [0.5, 0.6) is 17.2 Å². The molecular weight excluding hydrogens is 384 g/mol. The second-order valence-corrected chi connectivity index (χ2v) is 7.50. The molecule has 7 nitrogen and oxygen atoms in total. The molecule has 4 rings (SSSR count). The number of benzene rings is 2. The number of rotatable bonds is 7. The minimum atomic E-state index is -0.301. The molecule has 0 aromatic heterocycles. The SMILES string of the molecule is CCOc1cc2c(cc1NC(=O)COc1cccc(N3CCCC3=O)c1)OC(C)C2. The minimum absolute atomic E-state index is 0.110. The Labute approximate surface area is 175 Å². The van der Waals surface area contributed by atoms with Gasteiger partial charge in [0.25, 0.3) is 5.91 Å².